The minimum absolute atomic E-state index is 0.773. The summed E-state index contributed by atoms with van der Waals surface area (Å²) in [6.07, 6.45) is 1.34. The molecule has 21 heavy (non-hydrogen) atoms. The second-order valence-corrected chi connectivity index (χ2v) is 6.18. The molecule has 0 amide bonds. The van der Waals surface area contributed by atoms with E-state index in [1.165, 1.54) is 30.8 Å². The first-order valence-corrected chi connectivity index (χ1v) is 8.01. The van der Waals surface area contributed by atoms with Gasteiger partial charge < -0.3 is 4.90 Å². The van der Waals surface area contributed by atoms with Crippen LogP contribution in [0.1, 0.15) is 17.9 Å². The van der Waals surface area contributed by atoms with Gasteiger partial charge >= 0.3 is 0 Å². The molecule has 1 saturated heterocycles. The first-order chi connectivity index (χ1) is 10.4. The predicted octanol–water partition coefficient (Wildman–Crippen LogP) is 3.36. The molecular formula is C19H22N2. The predicted molar refractivity (Wildman–Crippen MR) is 87.8 cm³/mol. The van der Waals surface area contributed by atoms with Gasteiger partial charge in [-0.2, -0.15) is 0 Å². The summed E-state index contributed by atoms with van der Waals surface area (Å²) in [4.78, 5) is 5.20. The molecule has 2 fully saturated rings. The third kappa shape index (κ3) is 2.68. The van der Waals surface area contributed by atoms with Crippen LogP contribution < -0.4 is 4.90 Å². The van der Waals surface area contributed by atoms with E-state index in [2.05, 4.69) is 70.5 Å². The second-order valence-electron chi connectivity index (χ2n) is 6.18. The zero-order valence-electron chi connectivity index (χ0n) is 12.4. The molecule has 108 valence electrons. The average molecular weight is 278 g/mol. The largest absolute Gasteiger partial charge is 0.369 e. The quantitative estimate of drug-likeness (QED) is 0.849. The standard InChI is InChI=1S/C19H22N2/c1-3-7-16(8-4-1)18-15-19(18)21-13-11-20(12-14-21)17-9-5-2-6-10-17/h1-10,18-19H,11-15H2/t18-,19+/m1/s1. The molecule has 2 aliphatic rings. The lowest BCUT2D eigenvalue weighted by molar-refractivity contribution is 0.244. The smallest absolute Gasteiger partial charge is 0.0367 e. The lowest BCUT2D eigenvalue weighted by atomic mass is 10.1. The summed E-state index contributed by atoms with van der Waals surface area (Å²) in [5.41, 5.74) is 2.89. The summed E-state index contributed by atoms with van der Waals surface area (Å²) >= 11 is 0. The highest BCUT2D eigenvalue weighted by Crippen LogP contribution is 2.44. The maximum Gasteiger partial charge on any atom is 0.0367 e. The summed E-state index contributed by atoms with van der Waals surface area (Å²) in [6.45, 7) is 4.70. The molecule has 0 bridgehead atoms. The van der Waals surface area contributed by atoms with E-state index in [4.69, 9.17) is 0 Å². The molecule has 4 rings (SSSR count). The summed E-state index contributed by atoms with van der Waals surface area (Å²) < 4.78 is 0. The number of para-hydroxylation sites is 1. The molecule has 2 atom stereocenters. The molecule has 1 saturated carbocycles. The van der Waals surface area contributed by atoms with Crippen molar-refractivity contribution in [3.8, 4) is 0 Å². The molecular weight excluding hydrogens is 256 g/mol. The minimum atomic E-state index is 0.773. The van der Waals surface area contributed by atoms with Crippen molar-refractivity contribution in [3.05, 3.63) is 66.2 Å². The van der Waals surface area contributed by atoms with Crippen LogP contribution >= 0.6 is 0 Å². The molecule has 2 nitrogen and oxygen atoms in total. The number of nitrogens with zero attached hydrogens (tertiary/aromatic N) is 2. The van der Waals surface area contributed by atoms with Crippen LogP contribution in [0.15, 0.2) is 60.7 Å². The summed E-state index contributed by atoms with van der Waals surface area (Å²) in [5, 5.41) is 0. The van der Waals surface area contributed by atoms with E-state index in [9.17, 15) is 0 Å². The second kappa shape index (κ2) is 5.53. The van der Waals surface area contributed by atoms with Crippen LogP contribution in [0.4, 0.5) is 5.69 Å². The van der Waals surface area contributed by atoms with Crippen molar-refractivity contribution in [1.82, 2.24) is 4.90 Å². The lowest BCUT2D eigenvalue weighted by Crippen LogP contribution is -2.47. The first kappa shape index (κ1) is 12.9. The maximum atomic E-state index is 2.69. The van der Waals surface area contributed by atoms with E-state index >= 15 is 0 Å². The summed E-state index contributed by atoms with van der Waals surface area (Å²) in [6, 6.07) is 22.6. The lowest BCUT2D eigenvalue weighted by Gasteiger charge is -2.36. The Balaban J connectivity index is 1.35. The first-order valence-electron chi connectivity index (χ1n) is 8.01. The molecule has 1 aliphatic heterocycles. The van der Waals surface area contributed by atoms with E-state index in [0.29, 0.717) is 0 Å². The number of hydrogen-bond donors (Lipinski definition) is 0. The van der Waals surface area contributed by atoms with Crippen molar-refractivity contribution in [2.45, 2.75) is 18.4 Å². The van der Waals surface area contributed by atoms with Crippen molar-refractivity contribution in [2.24, 2.45) is 0 Å². The Morgan fingerprint density at radius 2 is 1.33 bits per heavy atom. The highest BCUT2D eigenvalue weighted by atomic mass is 15.3. The molecule has 2 aromatic carbocycles. The third-order valence-electron chi connectivity index (χ3n) is 4.89. The minimum Gasteiger partial charge on any atom is -0.369 e. The highest BCUT2D eigenvalue weighted by molar-refractivity contribution is 5.46. The van der Waals surface area contributed by atoms with Gasteiger partial charge in [-0.3, -0.25) is 4.90 Å². The molecule has 2 aromatic rings. The fourth-order valence-electron chi connectivity index (χ4n) is 3.59. The number of piperazine rings is 1. The van der Waals surface area contributed by atoms with Crippen molar-refractivity contribution in [3.63, 3.8) is 0 Å². The molecule has 0 aromatic heterocycles. The van der Waals surface area contributed by atoms with Gasteiger partial charge in [0.2, 0.25) is 0 Å². The topological polar surface area (TPSA) is 6.48 Å². The average Bonchev–Trinajstić information content (AvgIpc) is 3.37. The molecule has 0 unspecified atom stereocenters. The van der Waals surface area contributed by atoms with E-state index in [1.807, 2.05) is 0 Å². The summed E-state index contributed by atoms with van der Waals surface area (Å²) in [5.74, 6) is 0.773. The zero-order chi connectivity index (χ0) is 14.1. The number of anilines is 1. The fourth-order valence-corrected chi connectivity index (χ4v) is 3.59. The SMILES string of the molecule is c1ccc([C@H]2C[C@@H]2N2CCN(c3ccccc3)CC2)cc1. The van der Waals surface area contributed by atoms with Gasteiger partial charge in [-0.1, -0.05) is 48.5 Å². The number of rotatable bonds is 3. The molecule has 0 spiro atoms. The van der Waals surface area contributed by atoms with Crippen LogP contribution in [-0.4, -0.2) is 37.1 Å². The fraction of sp³-hybridized carbons (Fsp3) is 0.368. The van der Waals surface area contributed by atoms with Crippen molar-refractivity contribution in [1.29, 1.82) is 0 Å². The molecule has 0 N–H and O–H groups in total. The van der Waals surface area contributed by atoms with Crippen molar-refractivity contribution >= 4 is 5.69 Å². The zero-order valence-corrected chi connectivity index (χ0v) is 12.4. The molecule has 1 aliphatic carbocycles. The Bertz CT molecular complexity index is 573. The molecule has 1 heterocycles. The van der Waals surface area contributed by atoms with E-state index < -0.39 is 0 Å². The number of hydrogen-bond acceptors (Lipinski definition) is 2. The van der Waals surface area contributed by atoms with Crippen LogP contribution in [0.3, 0.4) is 0 Å². The van der Waals surface area contributed by atoms with Gasteiger partial charge in [0.05, 0.1) is 0 Å². The van der Waals surface area contributed by atoms with Gasteiger partial charge in [0.1, 0.15) is 0 Å². The van der Waals surface area contributed by atoms with Gasteiger partial charge in [0.15, 0.2) is 0 Å². The Hall–Kier alpha value is -1.80. The Morgan fingerprint density at radius 3 is 2.00 bits per heavy atom. The normalized spacial score (nSPS) is 25.8. The monoisotopic (exact) mass is 278 g/mol. The van der Waals surface area contributed by atoms with Crippen LogP contribution in [0, 0.1) is 0 Å². The van der Waals surface area contributed by atoms with Gasteiger partial charge in [-0.15, -0.1) is 0 Å². The summed E-state index contributed by atoms with van der Waals surface area (Å²) in [7, 11) is 0. The Kier molecular flexibility index (Phi) is 3.40. The van der Waals surface area contributed by atoms with E-state index in [0.717, 1.165) is 25.0 Å². The Morgan fingerprint density at radius 1 is 0.714 bits per heavy atom. The molecule has 0 radical (unpaired) electrons. The van der Waals surface area contributed by atoms with Gasteiger partial charge in [0.25, 0.3) is 0 Å². The Labute approximate surface area is 127 Å². The van der Waals surface area contributed by atoms with Crippen LogP contribution in [0.2, 0.25) is 0 Å². The molecule has 2 heteroatoms. The van der Waals surface area contributed by atoms with Gasteiger partial charge in [-0.05, 0) is 24.1 Å². The van der Waals surface area contributed by atoms with Crippen LogP contribution in [0.25, 0.3) is 0 Å². The van der Waals surface area contributed by atoms with E-state index in [1.54, 1.807) is 0 Å². The van der Waals surface area contributed by atoms with Crippen molar-refractivity contribution < 1.29 is 0 Å². The maximum absolute atomic E-state index is 2.69. The van der Waals surface area contributed by atoms with Crippen LogP contribution in [0.5, 0.6) is 0 Å². The van der Waals surface area contributed by atoms with Gasteiger partial charge in [0, 0.05) is 43.8 Å². The third-order valence-corrected chi connectivity index (χ3v) is 4.89. The van der Waals surface area contributed by atoms with Gasteiger partial charge in [-0.25, -0.2) is 0 Å². The van der Waals surface area contributed by atoms with Crippen LogP contribution in [-0.2, 0) is 0 Å². The van der Waals surface area contributed by atoms with Crippen molar-refractivity contribution in [2.75, 3.05) is 31.1 Å². The van der Waals surface area contributed by atoms with E-state index in [-0.39, 0.29) is 0 Å². The number of benzene rings is 2. The highest BCUT2D eigenvalue weighted by Gasteiger charge is 2.43.